The zero-order chi connectivity index (χ0) is 49.2. The molecule has 6 aromatic rings. The third-order valence-corrected chi connectivity index (χ3v) is 14.2. The van der Waals surface area contributed by atoms with E-state index < -0.39 is 0 Å². The molecule has 4 aliphatic rings. The van der Waals surface area contributed by atoms with E-state index in [2.05, 4.69) is 67.8 Å². The number of nitrogens with zero attached hydrogens (tertiary/aromatic N) is 9. The number of aromatic nitrogens is 6. The van der Waals surface area contributed by atoms with Crippen molar-refractivity contribution in [1.29, 1.82) is 0 Å². The number of hydrogen-bond acceptors (Lipinski definition) is 14. The number of hydrogen-bond donors (Lipinski definition) is 6. The maximum Gasteiger partial charge on any atom is 0.209 e. The van der Waals surface area contributed by atoms with Gasteiger partial charge in [-0.1, -0.05) is 66.8 Å². The second-order valence-electron chi connectivity index (χ2n) is 17.2. The summed E-state index contributed by atoms with van der Waals surface area (Å²) >= 11 is 8.47. The van der Waals surface area contributed by atoms with Gasteiger partial charge in [-0.05, 0) is 61.6 Å². The Morgan fingerprint density at radius 3 is 1.27 bits per heavy atom. The first-order chi connectivity index (χ1) is 34.4. The fourth-order valence-electron chi connectivity index (χ4n) is 8.18. The van der Waals surface area contributed by atoms with Crippen LogP contribution < -0.4 is 5.32 Å². The number of H-pyrrole nitrogens is 4. The summed E-state index contributed by atoms with van der Waals surface area (Å²) in [6.45, 7) is 22.0. The molecular weight excluding hydrogens is 945 g/mol. The smallest absolute Gasteiger partial charge is 0.209 e. The number of aromatic amines is 4. The number of rotatable bonds is 15. The van der Waals surface area contributed by atoms with Crippen LogP contribution in [0.25, 0.3) is 33.1 Å². The van der Waals surface area contributed by atoms with Crippen molar-refractivity contribution in [2.45, 2.75) is 23.7 Å². The topological polar surface area (TPSA) is 195 Å². The minimum absolute atomic E-state index is 0.209. The number of benzene rings is 3. The van der Waals surface area contributed by atoms with Gasteiger partial charge in [0.25, 0.3) is 0 Å². The molecule has 4 aliphatic heterocycles. The Kier molecular flexibility index (Phi) is 24.0. The monoisotopic (exact) mass is 1020 g/mol. The molecule has 3 amide bonds. The van der Waals surface area contributed by atoms with Gasteiger partial charge in [-0.3, -0.25) is 34.0 Å². The number of thioether (sulfide) groups is 2. The van der Waals surface area contributed by atoms with Crippen LogP contribution in [0.4, 0.5) is 0 Å². The lowest BCUT2D eigenvalue weighted by Crippen LogP contribution is -2.46. The minimum atomic E-state index is 0.209. The first-order valence-electron chi connectivity index (χ1n) is 24.5. The Labute approximate surface area is 425 Å². The standard InChI is InChI=1S/C14H18N4OS.C13H18N4S.C8H16N2O.C7H14N2O2.C7H6N2S/c19-11-18-7-5-17(6-8-18)9-10-20-14-15-12-3-1-2-4-13(12)16-14;1-2-4-12-11(3-1)15-13(16-12)18-10-9-17-7-5-14-6-8-17;1-2-3-9-4-6-10(8-11)7-5-9;10-6-5-8-1-3-9(7-11)4-2-8;10-7-8-5-3-1-2-4-6(5)9-7/h1-4,11H,5-10H2,(H,15,16);1-4,14H,5-10H2,(H,15,16);8H,2-7H2,1H3;7,10H,1-6H2;1-4H,(H2,8,9,10). The van der Waals surface area contributed by atoms with E-state index in [9.17, 15) is 14.4 Å². The number of carbonyl (C=O) groups is 3. The molecule has 7 heterocycles. The zero-order valence-corrected chi connectivity index (χ0v) is 43.0. The summed E-state index contributed by atoms with van der Waals surface area (Å²) in [6.07, 6.45) is 3.99. The summed E-state index contributed by atoms with van der Waals surface area (Å²) in [5.74, 6) is 2.11. The maximum absolute atomic E-state index is 10.6. The fraction of sp³-hybridized carbons (Fsp3) is 0.510. The SMILES string of the molecule is CCCN1CCN(C=O)CC1.O=CN1CCN(CCO)CC1.O=CN1CCN(CCSc2nc3ccccc3[nH]2)CC1.S=c1[nH]c2ccccc2[nH]1.c1ccc2[nH]c(SCCN3CCNCC3)nc2c1. The fourth-order valence-corrected chi connectivity index (χ4v) is 10.2. The van der Waals surface area contributed by atoms with Crippen LogP contribution in [0, 0.1) is 4.77 Å². The number of β-amino-alcohol motifs (C(OH)–C–C–N with tert-alkyl or cyclic N) is 1. The van der Waals surface area contributed by atoms with Crippen molar-refractivity contribution < 1.29 is 19.5 Å². The summed E-state index contributed by atoms with van der Waals surface area (Å²) in [7, 11) is 0. The number of piperazine rings is 4. The predicted octanol–water partition coefficient (Wildman–Crippen LogP) is 4.14. The normalized spacial score (nSPS) is 17.1. The van der Waals surface area contributed by atoms with Gasteiger partial charge in [-0.2, -0.15) is 0 Å². The van der Waals surface area contributed by atoms with E-state index in [-0.39, 0.29) is 6.61 Å². The number of carbonyl (C=O) groups excluding carboxylic acids is 3. The van der Waals surface area contributed by atoms with Gasteiger partial charge in [-0.15, -0.1) is 0 Å². The third kappa shape index (κ3) is 18.7. The number of imidazole rings is 3. The van der Waals surface area contributed by atoms with Crippen LogP contribution in [-0.4, -0.2) is 238 Å². The number of amides is 3. The molecule has 0 bridgehead atoms. The molecule has 0 radical (unpaired) electrons. The van der Waals surface area contributed by atoms with E-state index in [4.69, 9.17) is 17.3 Å². The molecule has 3 aromatic carbocycles. The largest absolute Gasteiger partial charge is 0.395 e. The van der Waals surface area contributed by atoms with E-state index in [0.29, 0.717) is 4.77 Å². The van der Waals surface area contributed by atoms with Gasteiger partial charge >= 0.3 is 0 Å². The molecule has 0 aliphatic carbocycles. The van der Waals surface area contributed by atoms with Gasteiger partial charge in [0.15, 0.2) is 15.1 Å². The third-order valence-electron chi connectivity index (χ3n) is 12.3. The highest BCUT2D eigenvalue weighted by molar-refractivity contribution is 7.99. The van der Waals surface area contributed by atoms with Gasteiger partial charge < -0.3 is 45.1 Å². The quantitative estimate of drug-likeness (QED) is 0.0489. The lowest BCUT2D eigenvalue weighted by atomic mass is 10.3. The molecule has 0 spiro atoms. The Bertz CT molecular complexity index is 2320. The Morgan fingerprint density at radius 2 is 0.886 bits per heavy atom. The summed E-state index contributed by atoms with van der Waals surface area (Å²) in [5, 5.41) is 14.0. The molecule has 4 saturated heterocycles. The second kappa shape index (κ2) is 30.8. The molecule has 10 rings (SSSR count). The van der Waals surface area contributed by atoms with Crippen LogP contribution in [-0.2, 0) is 14.4 Å². The summed E-state index contributed by atoms with van der Waals surface area (Å²) in [5.41, 5.74) is 6.42. The van der Waals surface area contributed by atoms with Gasteiger partial charge in [0, 0.05) is 136 Å². The molecule has 21 heteroatoms. The lowest BCUT2D eigenvalue weighted by Gasteiger charge is -2.32. The average Bonchev–Trinajstić information content (AvgIpc) is 4.14. The number of aliphatic hydroxyl groups is 1. The van der Waals surface area contributed by atoms with Crippen LogP contribution in [0.15, 0.2) is 83.1 Å². The average molecular weight is 1020 g/mol. The van der Waals surface area contributed by atoms with E-state index >= 15 is 0 Å². The van der Waals surface area contributed by atoms with Crippen molar-refractivity contribution >= 4 is 88.1 Å². The summed E-state index contributed by atoms with van der Waals surface area (Å²) < 4.78 is 0.682. The van der Waals surface area contributed by atoms with Gasteiger partial charge in [0.05, 0.1) is 39.7 Å². The molecule has 380 valence electrons. The lowest BCUT2D eigenvalue weighted by molar-refractivity contribution is -0.120. The van der Waals surface area contributed by atoms with Crippen LogP contribution >= 0.6 is 35.7 Å². The molecule has 70 heavy (non-hydrogen) atoms. The van der Waals surface area contributed by atoms with E-state index in [1.807, 2.05) is 88.3 Å². The van der Waals surface area contributed by atoms with Crippen LogP contribution in [0.5, 0.6) is 0 Å². The molecule has 0 unspecified atom stereocenters. The molecular formula is C49H72N14O4S3. The zero-order valence-electron chi connectivity index (χ0n) is 40.6. The highest BCUT2D eigenvalue weighted by Gasteiger charge is 2.17. The Balaban J connectivity index is 0.000000148. The van der Waals surface area contributed by atoms with Crippen molar-refractivity contribution in [1.82, 2.24) is 69.5 Å². The summed E-state index contributed by atoms with van der Waals surface area (Å²) in [6, 6.07) is 24.2. The molecule has 4 fully saturated rings. The van der Waals surface area contributed by atoms with Crippen molar-refractivity contribution in [3.8, 4) is 0 Å². The van der Waals surface area contributed by atoms with Crippen molar-refractivity contribution in [3.63, 3.8) is 0 Å². The molecule has 6 N–H and O–H groups in total. The van der Waals surface area contributed by atoms with E-state index in [0.717, 1.165) is 185 Å². The number of aliphatic hydroxyl groups excluding tert-OH is 1. The first kappa shape index (κ1) is 54.5. The molecule has 0 saturated carbocycles. The predicted molar refractivity (Wildman–Crippen MR) is 286 cm³/mol. The number of nitrogens with one attached hydrogen (secondary N) is 5. The highest BCUT2D eigenvalue weighted by Crippen LogP contribution is 2.20. The number of para-hydroxylation sites is 6. The van der Waals surface area contributed by atoms with Gasteiger partial charge in [0.1, 0.15) is 0 Å². The van der Waals surface area contributed by atoms with Crippen molar-refractivity contribution in [2.24, 2.45) is 0 Å². The Morgan fingerprint density at radius 1 is 0.514 bits per heavy atom. The molecule has 0 atom stereocenters. The minimum Gasteiger partial charge on any atom is -0.395 e. The van der Waals surface area contributed by atoms with Crippen LogP contribution in [0.3, 0.4) is 0 Å². The highest BCUT2D eigenvalue weighted by atomic mass is 32.2. The van der Waals surface area contributed by atoms with Crippen LogP contribution in [0.2, 0.25) is 0 Å². The van der Waals surface area contributed by atoms with E-state index in [1.54, 1.807) is 16.7 Å². The van der Waals surface area contributed by atoms with E-state index in [1.165, 1.54) is 26.1 Å². The molecule has 18 nitrogen and oxygen atoms in total. The number of fused-ring (bicyclic) bond motifs is 3. The van der Waals surface area contributed by atoms with Crippen LogP contribution in [0.1, 0.15) is 13.3 Å². The second-order valence-corrected chi connectivity index (χ2v) is 19.8. The van der Waals surface area contributed by atoms with Crippen molar-refractivity contribution in [3.05, 3.63) is 77.6 Å². The Hall–Kier alpha value is -4.84. The first-order valence-corrected chi connectivity index (χ1v) is 26.8. The van der Waals surface area contributed by atoms with Crippen molar-refractivity contribution in [2.75, 3.05) is 149 Å². The molecule has 3 aromatic heterocycles. The summed E-state index contributed by atoms with van der Waals surface area (Å²) in [4.78, 5) is 68.0. The van der Waals surface area contributed by atoms with Gasteiger partial charge in [0.2, 0.25) is 19.2 Å². The van der Waals surface area contributed by atoms with Gasteiger partial charge in [-0.25, -0.2) is 9.97 Å². The maximum atomic E-state index is 10.6.